The van der Waals surface area contributed by atoms with E-state index in [0.717, 1.165) is 42.4 Å². The van der Waals surface area contributed by atoms with E-state index in [2.05, 4.69) is 10.6 Å². The van der Waals surface area contributed by atoms with Crippen molar-refractivity contribution in [2.45, 2.75) is 31.7 Å². The van der Waals surface area contributed by atoms with E-state index < -0.39 is 5.97 Å². The number of amides is 1. The van der Waals surface area contributed by atoms with Gasteiger partial charge in [0.2, 0.25) is 5.95 Å². The molecule has 1 saturated carbocycles. The fourth-order valence-corrected chi connectivity index (χ4v) is 4.37. The number of para-hydroxylation sites is 1. The number of esters is 1. The number of hydrogen-bond acceptors (Lipinski definition) is 7. The predicted molar refractivity (Wildman–Crippen MR) is 133 cm³/mol. The Morgan fingerprint density at radius 3 is 2.32 bits per heavy atom. The molecule has 2 aromatic carbocycles. The number of benzene rings is 2. The molecule has 0 bridgehead atoms. The zero-order valence-electron chi connectivity index (χ0n) is 19.9. The molecule has 0 aliphatic heterocycles. The van der Waals surface area contributed by atoms with Crippen LogP contribution in [-0.2, 0) is 4.74 Å². The maximum absolute atomic E-state index is 12.5. The Bertz CT molecular complexity index is 1150. The highest BCUT2D eigenvalue weighted by atomic mass is 16.5. The van der Waals surface area contributed by atoms with Crippen molar-refractivity contribution in [2.24, 2.45) is 5.92 Å². The SMILES string of the molecule is COC(=O)c1ccc(C(=O)NCC2CCC(Nc3nc(N(C)C)c4ccccc4n3)CC2)cc1. The molecule has 0 radical (unpaired) electrons. The lowest BCUT2D eigenvalue weighted by molar-refractivity contribution is 0.0600. The van der Waals surface area contributed by atoms with E-state index >= 15 is 0 Å². The second-order valence-corrected chi connectivity index (χ2v) is 8.92. The molecule has 3 aromatic rings. The molecule has 1 aliphatic rings. The summed E-state index contributed by atoms with van der Waals surface area (Å²) in [4.78, 5) is 35.5. The molecule has 1 amide bonds. The van der Waals surface area contributed by atoms with E-state index in [4.69, 9.17) is 14.7 Å². The van der Waals surface area contributed by atoms with E-state index in [0.29, 0.717) is 35.6 Å². The van der Waals surface area contributed by atoms with Gasteiger partial charge in [0.1, 0.15) is 5.82 Å². The van der Waals surface area contributed by atoms with Gasteiger partial charge in [-0.2, -0.15) is 4.98 Å². The highest BCUT2D eigenvalue weighted by Gasteiger charge is 2.23. The molecule has 34 heavy (non-hydrogen) atoms. The highest BCUT2D eigenvalue weighted by molar-refractivity contribution is 5.96. The Hall–Kier alpha value is -3.68. The van der Waals surface area contributed by atoms with Gasteiger partial charge in [-0.15, -0.1) is 0 Å². The third-order valence-electron chi connectivity index (χ3n) is 6.31. The second-order valence-electron chi connectivity index (χ2n) is 8.92. The number of nitrogens with one attached hydrogen (secondary N) is 2. The summed E-state index contributed by atoms with van der Waals surface area (Å²) in [5, 5.41) is 7.59. The van der Waals surface area contributed by atoms with Gasteiger partial charge < -0.3 is 20.3 Å². The fraction of sp³-hybridized carbons (Fsp3) is 0.385. The number of fused-ring (bicyclic) bond motifs is 1. The first-order valence-electron chi connectivity index (χ1n) is 11.6. The number of ether oxygens (including phenoxy) is 1. The number of hydrogen-bond donors (Lipinski definition) is 2. The van der Waals surface area contributed by atoms with Crippen LogP contribution in [0.3, 0.4) is 0 Å². The van der Waals surface area contributed by atoms with Crippen molar-refractivity contribution in [1.29, 1.82) is 0 Å². The minimum atomic E-state index is -0.413. The van der Waals surface area contributed by atoms with Crippen LogP contribution in [0.25, 0.3) is 10.9 Å². The molecule has 4 rings (SSSR count). The van der Waals surface area contributed by atoms with Gasteiger partial charge in [0.15, 0.2) is 0 Å². The van der Waals surface area contributed by atoms with Crippen molar-refractivity contribution in [1.82, 2.24) is 15.3 Å². The third kappa shape index (κ3) is 5.44. The normalized spacial score (nSPS) is 17.7. The van der Waals surface area contributed by atoms with Crippen LogP contribution in [0, 0.1) is 5.92 Å². The molecule has 1 aliphatic carbocycles. The number of rotatable bonds is 7. The lowest BCUT2D eigenvalue weighted by Crippen LogP contribution is -2.34. The molecule has 8 heteroatoms. The number of nitrogens with zero attached hydrogens (tertiary/aromatic N) is 3. The summed E-state index contributed by atoms with van der Waals surface area (Å²) < 4.78 is 4.69. The molecule has 0 spiro atoms. The Kier molecular flexibility index (Phi) is 7.25. The van der Waals surface area contributed by atoms with Crippen molar-refractivity contribution in [2.75, 3.05) is 38.0 Å². The van der Waals surface area contributed by atoms with Crippen molar-refractivity contribution >= 4 is 34.5 Å². The number of aromatic nitrogens is 2. The smallest absolute Gasteiger partial charge is 0.337 e. The zero-order valence-corrected chi connectivity index (χ0v) is 19.9. The first kappa shape index (κ1) is 23.5. The molecular weight excluding hydrogens is 430 g/mol. The maximum atomic E-state index is 12.5. The average Bonchev–Trinajstić information content (AvgIpc) is 2.87. The molecule has 0 unspecified atom stereocenters. The first-order valence-corrected chi connectivity index (χ1v) is 11.6. The minimum Gasteiger partial charge on any atom is -0.465 e. The Morgan fingerprint density at radius 2 is 1.65 bits per heavy atom. The summed E-state index contributed by atoms with van der Waals surface area (Å²) in [6, 6.07) is 14.9. The average molecular weight is 462 g/mol. The quantitative estimate of drug-likeness (QED) is 0.516. The van der Waals surface area contributed by atoms with Gasteiger partial charge in [-0.25, -0.2) is 9.78 Å². The maximum Gasteiger partial charge on any atom is 0.337 e. The summed E-state index contributed by atoms with van der Waals surface area (Å²) in [6.07, 6.45) is 4.05. The highest BCUT2D eigenvalue weighted by Crippen LogP contribution is 2.28. The molecule has 2 N–H and O–H groups in total. The minimum absolute atomic E-state index is 0.127. The first-order chi connectivity index (χ1) is 16.4. The van der Waals surface area contributed by atoms with Gasteiger partial charge in [0.25, 0.3) is 5.91 Å². The van der Waals surface area contributed by atoms with Gasteiger partial charge in [-0.05, 0) is 68.0 Å². The van der Waals surface area contributed by atoms with Crippen LogP contribution >= 0.6 is 0 Å². The zero-order chi connectivity index (χ0) is 24.1. The van der Waals surface area contributed by atoms with Crippen molar-refractivity contribution in [3.8, 4) is 0 Å². The largest absolute Gasteiger partial charge is 0.465 e. The topological polar surface area (TPSA) is 96.5 Å². The summed E-state index contributed by atoms with van der Waals surface area (Å²) in [7, 11) is 5.32. The van der Waals surface area contributed by atoms with Crippen LogP contribution in [0.4, 0.5) is 11.8 Å². The lowest BCUT2D eigenvalue weighted by atomic mass is 9.86. The van der Waals surface area contributed by atoms with Crippen LogP contribution in [0.2, 0.25) is 0 Å². The predicted octanol–water partition coefficient (Wildman–Crippen LogP) is 3.88. The van der Waals surface area contributed by atoms with Crippen molar-refractivity contribution < 1.29 is 14.3 Å². The van der Waals surface area contributed by atoms with Crippen molar-refractivity contribution in [3.05, 3.63) is 59.7 Å². The molecule has 0 atom stereocenters. The number of anilines is 2. The fourth-order valence-electron chi connectivity index (χ4n) is 4.37. The van der Waals surface area contributed by atoms with E-state index in [1.165, 1.54) is 7.11 Å². The van der Waals surface area contributed by atoms with Crippen LogP contribution in [-0.4, -0.2) is 55.6 Å². The van der Waals surface area contributed by atoms with Crippen molar-refractivity contribution in [3.63, 3.8) is 0 Å². The van der Waals surface area contributed by atoms with Gasteiger partial charge in [-0.1, -0.05) is 12.1 Å². The third-order valence-corrected chi connectivity index (χ3v) is 6.31. The summed E-state index contributed by atoms with van der Waals surface area (Å²) in [5.41, 5.74) is 1.89. The number of carbonyl (C=O) groups is 2. The molecule has 1 heterocycles. The summed E-state index contributed by atoms with van der Waals surface area (Å²) in [6.45, 7) is 0.640. The molecule has 1 aromatic heterocycles. The molecule has 1 fully saturated rings. The number of carbonyl (C=O) groups excluding carboxylic acids is 2. The molecule has 178 valence electrons. The summed E-state index contributed by atoms with van der Waals surface area (Å²) in [5.74, 6) is 1.46. The van der Waals surface area contributed by atoms with Gasteiger partial charge >= 0.3 is 5.97 Å². The molecule has 0 saturated heterocycles. The standard InChI is InChI=1S/C26H31N5O3/c1-31(2)23-21-6-4-5-7-22(21)29-26(30-23)28-20-14-8-17(9-15-20)16-27-24(32)18-10-12-19(13-11-18)25(33)34-3/h4-7,10-13,17,20H,8-9,14-16H2,1-3H3,(H,27,32)(H,28,29,30). The van der Waals surface area contributed by atoms with Gasteiger partial charge in [0.05, 0.1) is 18.2 Å². The van der Waals surface area contributed by atoms with E-state index in [9.17, 15) is 9.59 Å². The summed E-state index contributed by atoms with van der Waals surface area (Å²) >= 11 is 0. The van der Waals surface area contributed by atoms with E-state index in [1.54, 1.807) is 24.3 Å². The second kappa shape index (κ2) is 10.5. The van der Waals surface area contributed by atoms with E-state index in [-0.39, 0.29) is 5.91 Å². The number of methoxy groups -OCH3 is 1. The van der Waals surface area contributed by atoms with E-state index in [1.807, 2.05) is 43.3 Å². The monoisotopic (exact) mass is 461 g/mol. The van der Waals surface area contributed by atoms with Gasteiger partial charge in [-0.3, -0.25) is 4.79 Å². The van der Waals surface area contributed by atoms with Crippen LogP contribution < -0.4 is 15.5 Å². The molecular formula is C26H31N5O3. The van der Waals surface area contributed by atoms with Crippen LogP contribution in [0.15, 0.2) is 48.5 Å². The van der Waals surface area contributed by atoms with Crippen LogP contribution in [0.5, 0.6) is 0 Å². The Balaban J connectivity index is 1.28. The molecule has 8 nitrogen and oxygen atoms in total. The van der Waals surface area contributed by atoms with Gasteiger partial charge in [0, 0.05) is 37.6 Å². The lowest BCUT2D eigenvalue weighted by Gasteiger charge is -2.29. The van der Waals surface area contributed by atoms with Crippen LogP contribution in [0.1, 0.15) is 46.4 Å². The Morgan fingerprint density at radius 1 is 0.971 bits per heavy atom. The Labute approximate surface area is 199 Å².